The Morgan fingerprint density at radius 1 is 1.41 bits per heavy atom. The number of rotatable bonds is 2. The molecule has 1 aromatic rings. The fourth-order valence-corrected chi connectivity index (χ4v) is 2.18. The second kappa shape index (κ2) is 5.14. The number of aliphatic hydroxyl groups excluding tert-OH is 1. The van der Waals surface area contributed by atoms with Gasteiger partial charge in [-0.25, -0.2) is 4.79 Å². The molecule has 1 aliphatic heterocycles. The van der Waals surface area contributed by atoms with E-state index in [9.17, 15) is 4.79 Å². The van der Waals surface area contributed by atoms with Crippen molar-refractivity contribution in [1.29, 1.82) is 0 Å². The van der Waals surface area contributed by atoms with Gasteiger partial charge in [0.15, 0.2) is 0 Å². The SMILES string of the molecule is O=C(O)N1CCC(c2ccc(CO)nc2)CC1. The van der Waals surface area contributed by atoms with Crippen molar-refractivity contribution in [3.8, 4) is 0 Å². The summed E-state index contributed by atoms with van der Waals surface area (Å²) < 4.78 is 0. The first-order chi connectivity index (χ1) is 8.20. The summed E-state index contributed by atoms with van der Waals surface area (Å²) in [6.45, 7) is 1.13. The van der Waals surface area contributed by atoms with Crippen LogP contribution in [0, 0.1) is 0 Å². The van der Waals surface area contributed by atoms with Crippen LogP contribution in [0.1, 0.15) is 30.0 Å². The van der Waals surface area contributed by atoms with Gasteiger partial charge in [-0.3, -0.25) is 4.98 Å². The van der Waals surface area contributed by atoms with Crippen LogP contribution in [0.4, 0.5) is 4.79 Å². The lowest BCUT2D eigenvalue weighted by Crippen LogP contribution is -2.36. The highest BCUT2D eigenvalue weighted by Crippen LogP contribution is 2.27. The quantitative estimate of drug-likeness (QED) is 0.814. The van der Waals surface area contributed by atoms with Crippen molar-refractivity contribution in [2.75, 3.05) is 13.1 Å². The van der Waals surface area contributed by atoms with Gasteiger partial charge in [-0.2, -0.15) is 0 Å². The zero-order chi connectivity index (χ0) is 12.3. The molecule has 2 heterocycles. The monoisotopic (exact) mass is 236 g/mol. The van der Waals surface area contributed by atoms with Crippen molar-refractivity contribution in [2.24, 2.45) is 0 Å². The fraction of sp³-hybridized carbons (Fsp3) is 0.500. The Bertz CT molecular complexity index is 383. The third-order valence-electron chi connectivity index (χ3n) is 3.25. The van der Waals surface area contributed by atoms with Gasteiger partial charge in [-0.05, 0) is 30.4 Å². The van der Waals surface area contributed by atoms with Crippen LogP contribution in [0.2, 0.25) is 0 Å². The molecule has 0 radical (unpaired) electrons. The number of amides is 1. The lowest BCUT2D eigenvalue weighted by atomic mass is 9.90. The van der Waals surface area contributed by atoms with E-state index < -0.39 is 6.09 Å². The maximum Gasteiger partial charge on any atom is 0.407 e. The predicted octanol–water partition coefficient (Wildman–Crippen LogP) is 1.43. The molecule has 2 rings (SSSR count). The molecule has 1 aromatic heterocycles. The van der Waals surface area contributed by atoms with Gasteiger partial charge in [0.05, 0.1) is 12.3 Å². The van der Waals surface area contributed by atoms with Crippen LogP contribution in [0.5, 0.6) is 0 Å². The third kappa shape index (κ3) is 2.74. The normalized spacial score (nSPS) is 17.1. The number of hydrogen-bond acceptors (Lipinski definition) is 3. The van der Waals surface area contributed by atoms with Crippen LogP contribution in [-0.2, 0) is 6.61 Å². The topological polar surface area (TPSA) is 73.7 Å². The van der Waals surface area contributed by atoms with Crippen LogP contribution in [0.25, 0.3) is 0 Å². The molecule has 92 valence electrons. The average Bonchev–Trinajstić information content (AvgIpc) is 2.39. The molecular weight excluding hydrogens is 220 g/mol. The summed E-state index contributed by atoms with van der Waals surface area (Å²) in [7, 11) is 0. The maximum atomic E-state index is 10.8. The van der Waals surface area contributed by atoms with E-state index in [0.717, 1.165) is 18.4 Å². The van der Waals surface area contributed by atoms with Crippen LogP contribution in [-0.4, -0.2) is 39.3 Å². The minimum absolute atomic E-state index is 0.0439. The van der Waals surface area contributed by atoms with Gasteiger partial charge in [0.2, 0.25) is 0 Å². The molecule has 2 N–H and O–H groups in total. The number of likely N-dealkylation sites (tertiary alicyclic amines) is 1. The maximum absolute atomic E-state index is 10.8. The Morgan fingerprint density at radius 3 is 2.59 bits per heavy atom. The largest absolute Gasteiger partial charge is 0.465 e. The summed E-state index contributed by atoms with van der Waals surface area (Å²) in [6, 6.07) is 3.79. The highest BCUT2D eigenvalue weighted by atomic mass is 16.4. The second-order valence-corrected chi connectivity index (χ2v) is 4.28. The first-order valence-corrected chi connectivity index (χ1v) is 5.74. The van der Waals surface area contributed by atoms with E-state index in [1.54, 1.807) is 6.20 Å². The van der Waals surface area contributed by atoms with E-state index in [1.165, 1.54) is 4.90 Å². The van der Waals surface area contributed by atoms with Crippen LogP contribution in [0.3, 0.4) is 0 Å². The molecule has 5 nitrogen and oxygen atoms in total. The van der Waals surface area contributed by atoms with Crippen LogP contribution >= 0.6 is 0 Å². The Balaban J connectivity index is 1.97. The van der Waals surface area contributed by atoms with E-state index in [1.807, 2.05) is 12.1 Å². The van der Waals surface area contributed by atoms with Gasteiger partial charge in [0.1, 0.15) is 0 Å². The molecule has 1 saturated heterocycles. The first-order valence-electron chi connectivity index (χ1n) is 5.74. The summed E-state index contributed by atoms with van der Waals surface area (Å²) in [6.07, 6.45) is 2.63. The van der Waals surface area contributed by atoms with Gasteiger partial charge in [0.25, 0.3) is 0 Å². The van der Waals surface area contributed by atoms with Gasteiger partial charge in [0, 0.05) is 19.3 Å². The predicted molar refractivity (Wildman–Crippen MR) is 61.7 cm³/mol. The smallest absolute Gasteiger partial charge is 0.407 e. The van der Waals surface area contributed by atoms with Gasteiger partial charge in [-0.15, -0.1) is 0 Å². The third-order valence-corrected chi connectivity index (χ3v) is 3.25. The Labute approximate surface area is 99.7 Å². The highest BCUT2D eigenvalue weighted by molar-refractivity contribution is 5.65. The molecule has 5 heteroatoms. The number of pyridine rings is 1. The zero-order valence-corrected chi connectivity index (χ0v) is 9.54. The molecule has 1 aliphatic rings. The number of piperidine rings is 1. The van der Waals surface area contributed by atoms with Gasteiger partial charge in [-0.1, -0.05) is 6.07 Å². The molecule has 17 heavy (non-hydrogen) atoms. The Morgan fingerprint density at radius 2 is 2.12 bits per heavy atom. The van der Waals surface area contributed by atoms with Crippen LogP contribution < -0.4 is 0 Å². The summed E-state index contributed by atoms with van der Waals surface area (Å²) in [4.78, 5) is 16.4. The molecule has 1 fully saturated rings. The van der Waals surface area contributed by atoms with Gasteiger partial charge < -0.3 is 15.1 Å². The van der Waals surface area contributed by atoms with E-state index in [-0.39, 0.29) is 6.61 Å². The lowest BCUT2D eigenvalue weighted by Gasteiger charge is -2.30. The van der Waals surface area contributed by atoms with E-state index in [0.29, 0.717) is 24.7 Å². The number of aliphatic hydroxyl groups is 1. The zero-order valence-electron chi connectivity index (χ0n) is 9.54. The Kier molecular flexibility index (Phi) is 3.58. The average molecular weight is 236 g/mol. The van der Waals surface area contributed by atoms with Crippen molar-refractivity contribution < 1.29 is 15.0 Å². The molecule has 1 amide bonds. The number of carboxylic acid groups (broad SMARTS) is 1. The van der Waals surface area contributed by atoms with Gasteiger partial charge >= 0.3 is 6.09 Å². The summed E-state index contributed by atoms with van der Waals surface area (Å²) in [5.41, 5.74) is 1.80. The molecule has 0 saturated carbocycles. The second-order valence-electron chi connectivity index (χ2n) is 4.28. The molecule has 0 unspecified atom stereocenters. The summed E-state index contributed by atoms with van der Waals surface area (Å²) in [5.74, 6) is 0.380. The molecular formula is C12H16N2O3. The molecule has 0 spiro atoms. The fourth-order valence-electron chi connectivity index (χ4n) is 2.18. The number of hydrogen-bond donors (Lipinski definition) is 2. The summed E-state index contributed by atoms with van der Waals surface area (Å²) in [5, 5.41) is 17.7. The minimum atomic E-state index is -0.836. The van der Waals surface area contributed by atoms with E-state index >= 15 is 0 Å². The van der Waals surface area contributed by atoms with Crippen molar-refractivity contribution in [1.82, 2.24) is 9.88 Å². The number of carbonyl (C=O) groups is 1. The highest BCUT2D eigenvalue weighted by Gasteiger charge is 2.23. The van der Waals surface area contributed by atoms with E-state index in [2.05, 4.69) is 4.98 Å². The van der Waals surface area contributed by atoms with Crippen molar-refractivity contribution >= 4 is 6.09 Å². The van der Waals surface area contributed by atoms with E-state index in [4.69, 9.17) is 10.2 Å². The molecule has 0 aromatic carbocycles. The van der Waals surface area contributed by atoms with Crippen LogP contribution in [0.15, 0.2) is 18.3 Å². The van der Waals surface area contributed by atoms with Crippen molar-refractivity contribution in [3.63, 3.8) is 0 Å². The molecule has 0 aliphatic carbocycles. The lowest BCUT2D eigenvalue weighted by molar-refractivity contribution is 0.132. The Hall–Kier alpha value is -1.62. The molecule has 0 bridgehead atoms. The van der Waals surface area contributed by atoms with Crippen molar-refractivity contribution in [2.45, 2.75) is 25.4 Å². The number of nitrogens with zero attached hydrogens (tertiary/aromatic N) is 2. The summed E-state index contributed by atoms with van der Waals surface area (Å²) >= 11 is 0. The van der Waals surface area contributed by atoms with Crippen molar-refractivity contribution in [3.05, 3.63) is 29.6 Å². The first kappa shape index (κ1) is 11.9. The minimum Gasteiger partial charge on any atom is -0.465 e. The standard InChI is InChI=1S/C12H16N2O3/c15-8-11-2-1-10(7-13-11)9-3-5-14(6-4-9)12(16)17/h1-2,7,9,15H,3-6,8H2,(H,16,17). The number of aromatic nitrogens is 1. The molecule has 0 atom stereocenters.